The first-order valence-corrected chi connectivity index (χ1v) is 7.01. The number of benzene rings is 1. The summed E-state index contributed by atoms with van der Waals surface area (Å²) < 4.78 is 1.97. The first-order valence-electron chi connectivity index (χ1n) is 7.01. The zero-order valence-electron chi connectivity index (χ0n) is 11.8. The van der Waals surface area contributed by atoms with E-state index < -0.39 is 0 Å². The van der Waals surface area contributed by atoms with Gasteiger partial charge >= 0.3 is 0 Å². The Morgan fingerprint density at radius 2 is 1.95 bits per heavy atom. The van der Waals surface area contributed by atoms with Gasteiger partial charge in [-0.15, -0.1) is 0 Å². The summed E-state index contributed by atoms with van der Waals surface area (Å²) in [6, 6.07) is 10.6. The number of nitrogens with zero attached hydrogens (tertiary/aromatic N) is 2. The molecule has 2 rings (SSSR count). The largest absolute Gasteiger partial charge is 0.330 e. The van der Waals surface area contributed by atoms with Crippen molar-refractivity contribution in [3.05, 3.63) is 53.9 Å². The highest BCUT2D eigenvalue weighted by atomic mass is 15.3. The molecule has 1 aromatic carbocycles. The van der Waals surface area contributed by atoms with E-state index in [2.05, 4.69) is 55.5 Å². The van der Waals surface area contributed by atoms with Gasteiger partial charge in [0.15, 0.2) is 0 Å². The average molecular weight is 257 g/mol. The highest BCUT2D eigenvalue weighted by Crippen LogP contribution is 2.30. The average Bonchev–Trinajstić information content (AvgIpc) is 2.93. The SMILES string of the molecule is CCn1cc(CC(CC)(CN)c2ccccc2)cn1. The van der Waals surface area contributed by atoms with Crippen molar-refractivity contribution < 1.29 is 0 Å². The molecule has 102 valence electrons. The minimum Gasteiger partial charge on any atom is -0.330 e. The Morgan fingerprint density at radius 3 is 2.47 bits per heavy atom. The van der Waals surface area contributed by atoms with Crippen LogP contribution >= 0.6 is 0 Å². The third-order valence-electron chi connectivity index (χ3n) is 4.01. The number of aromatic nitrogens is 2. The Morgan fingerprint density at radius 1 is 1.21 bits per heavy atom. The molecule has 1 unspecified atom stereocenters. The third-order valence-corrected chi connectivity index (χ3v) is 4.01. The van der Waals surface area contributed by atoms with Crippen molar-refractivity contribution in [2.24, 2.45) is 5.73 Å². The van der Waals surface area contributed by atoms with Gasteiger partial charge in [-0.25, -0.2) is 0 Å². The Labute approximate surface area is 115 Å². The molecule has 0 aliphatic carbocycles. The maximum Gasteiger partial charge on any atom is 0.0522 e. The topological polar surface area (TPSA) is 43.8 Å². The second-order valence-electron chi connectivity index (χ2n) is 5.09. The predicted molar refractivity (Wildman–Crippen MR) is 79.1 cm³/mol. The lowest BCUT2D eigenvalue weighted by Crippen LogP contribution is -2.36. The van der Waals surface area contributed by atoms with Crippen LogP contribution in [0.25, 0.3) is 0 Å². The monoisotopic (exact) mass is 257 g/mol. The van der Waals surface area contributed by atoms with Crippen molar-refractivity contribution in [2.45, 2.75) is 38.6 Å². The highest BCUT2D eigenvalue weighted by molar-refractivity contribution is 5.28. The van der Waals surface area contributed by atoms with Crippen LogP contribution in [-0.4, -0.2) is 16.3 Å². The molecule has 2 aromatic rings. The van der Waals surface area contributed by atoms with E-state index in [1.807, 2.05) is 10.9 Å². The third kappa shape index (κ3) is 2.87. The van der Waals surface area contributed by atoms with Crippen LogP contribution in [0, 0.1) is 0 Å². The molecule has 0 aliphatic rings. The normalized spacial score (nSPS) is 14.3. The maximum absolute atomic E-state index is 6.11. The predicted octanol–water partition coefficient (Wildman–Crippen LogP) is 2.75. The molecule has 0 fully saturated rings. The molecule has 0 saturated heterocycles. The van der Waals surface area contributed by atoms with Gasteiger partial charge in [-0.05, 0) is 30.9 Å². The zero-order valence-corrected chi connectivity index (χ0v) is 11.8. The summed E-state index contributed by atoms with van der Waals surface area (Å²) in [5.74, 6) is 0. The molecule has 0 aliphatic heterocycles. The summed E-state index contributed by atoms with van der Waals surface area (Å²) in [6.07, 6.45) is 6.07. The Bertz CT molecular complexity index is 498. The van der Waals surface area contributed by atoms with Crippen molar-refractivity contribution in [1.29, 1.82) is 0 Å². The smallest absolute Gasteiger partial charge is 0.0522 e. The molecule has 0 saturated carbocycles. The number of rotatable bonds is 6. The van der Waals surface area contributed by atoms with Crippen LogP contribution < -0.4 is 5.73 Å². The van der Waals surface area contributed by atoms with E-state index in [0.717, 1.165) is 19.4 Å². The van der Waals surface area contributed by atoms with Gasteiger partial charge in [-0.2, -0.15) is 5.10 Å². The van der Waals surface area contributed by atoms with E-state index in [-0.39, 0.29) is 5.41 Å². The van der Waals surface area contributed by atoms with Gasteiger partial charge in [0.25, 0.3) is 0 Å². The molecule has 2 N–H and O–H groups in total. The fourth-order valence-electron chi connectivity index (χ4n) is 2.62. The van der Waals surface area contributed by atoms with E-state index in [9.17, 15) is 0 Å². The van der Waals surface area contributed by atoms with E-state index >= 15 is 0 Å². The van der Waals surface area contributed by atoms with Gasteiger partial charge < -0.3 is 5.73 Å². The van der Waals surface area contributed by atoms with Crippen LogP contribution in [-0.2, 0) is 18.4 Å². The first kappa shape index (κ1) is 13.8. The number of aryl methyl sites for hydroxylation is 1. The van der Waals surface area contributed by atoms with E-state index in [1.54, 1.807) is 0 Å². The van der Waals surface area contributed by atoms with Gasteiger partial charge in [0.05, 0.1) is 6.20 Å². The second-order valence-corrected chi connectivity index (χ2v) is 5.09. The van der Waals surface area contributed by atoms with Crippen molar-refractivity contribution in [3.63, 3.8) is 0 Å². The van der Waals surface area contributed by atoms with Gasteiger partial charge in [0.2, 0.25) is 0 Å². The summed E-state index contributed by atoms with van der Waals surface area (Å²) in [5.41, 5.74) is 8.71. The van der Waals surface area contributed by atoms with Crippen LogP contribution in [0.1, 0.15) is 31.4 Å². The summed E-state index contributed by atoms with van der Waals surface area (Å²) in [6.45, 7) is 5.88. The minimum atomic E-state index is 0.0167. The van der Waals surface area contributed by atoms with Gasteiger partial charge in [-0.1, -0.05) is 37.3 Å². The van der Waals surface area contributed by atoms with Crippen LogP contribution in [0.15, 0.2) is 42.7 Å². The Balaban J connectivity index is 2.29. The molecular weight excluding hydrogens is 234 g/mol. The standard InChI is InChI=1S/C16H23N3/c1-3-16(13-17,15-8-6-5-7-9-15)10-14-11-18-19(4-2)12-14/h5-9,11-12H,3-4,10,13,17H2,1-2H3. The maximum atomic E-state index is 6.11. The van der Waals surface area contributed by atoms with E-state index in [4.69, 9.17) is 5.73 Å². The van der Waals surface area contributed by atoms with E-state index in [0.29, 0.717) is 6.54 Å². The van der Waals surface area contributed by atoms with Crippen LogP contribution in [0.3, 0.4) is 0 Å². The van der Waals surface area contributed by atoms with Crippen LogP contribution in [0.2, 0.25) is 0 Å². The summed E-state index contributed by atoms with van der Waals surface area (Å²) in [5, 5.41) is 4.36. The number of hydrogen-bond acceptors (Lipinski definition) is 2. The molecule has 0 amide bonds. The zero-order chi connectivity index (χ0) is 13.7. The molecule has 1 aromatic heterocycles. The summed E-state index contributed by atoms with van der Waals surface area (Å²) in [4.78, 5) is 0. The quantitative estimate of drug-likeness (QED) is 0.864. The van der Waals surface area contributed by atoms with Crippen LogP contribution in [0.5, 0.6) is 0 Å². The van der Waals surface area contributed by atoms with E-state index in [1.165, 1.54) is 11.1 Å². The fraction of sp³-hybridized carbons (Fsp3) is 0.438. The van der Waals surface area contributed by atoms with Crippen molar-refractivity contribution >= 4 is 0 Å². The summed E-state index contributed by atoms with van der Waals surface area (Å²) >= 11 is 0. The minimum absolute atomic E-state index is 0.0167. The van der Waals surface area contributed by atoms with Crippen molar-refractivity contribution in [1.82, 2.24) is 9.78 Å². The molecule has 3 nitrogen and oxygen atoms in total. The lowest BCUT2D eigenvalue weighted by atomic mass is 9.74. The molecule has 0 radical (unpaired) electrons. The molecular formula is C16H23N3. The second kappa shape index (κ2) is 6.02. The van der Waals surface area contributed by atoms with Crippen molar-refractivity contribution in [3.8, 4) is 0 Å². The molecule has 1 atom stereocenters. The number of nitrogens with two attached hydrogens (primary N) is 1. The molecule has 0 spiro atoms. The van der Waals surface area contributed by atoms with Gasteiger partial charge in [0.1, 0.15) is 0 Å². The lowest BCUT2D eigenvalue weighted by molar-refractivity contribution is 0.418. The molecule has 1 heterocycles. The Hall–Kier alpha value is -1.61. The van der Waals surface area contributed by atoms with Gasteiger partial charge in [-0.3, -0.25) is 4.68 Å². The summed E-state index contributed by atoms with van der Waals surface area (Å²) in [7, 11) is 0. The lowest BCUT2D eigenvalue weighted by Gasteiger charge is -2.31. The molecule has 3 heteroatoms. The van der Waals surface area contributed by atoms with Crippen molar-refractivity contribution in [2.75, 3.05) is 6.54 Å². The fourth-order valence-corrected chi connectivity index (χ4v) is 2.62. The van der Waals surface area contributed by atoms with Gasteiger partial charge in [0, 0.05) is 24.7 Å². The van der Waals surface area contributed by atoms with Crippen LogP contribution in [0.4, 0.5) is 0 Å². The molecule has 19 heavy (non-hydrogen) atoms. The highest BCUT2D eigenvalue weighted by Gasteiger charge is 2.29. The number of hydrogen-bond donors (Lipinski definition) is 1. The molecule has 0 bridgehead atoms. The Kier molecular flexibility index (Phi) is 4.38. The first-order chi connectivity index (χ1) is 9.24.